The minimum absolute atomic E-state index is 0. The third kappa shape index (κ3) is 9.73. The molecular weight excluding hydrogens is 569 g/mol. The van der Waals surface area contributed by atoms with Crippen molar-refractivity contribution in [2.24, 2.45) is 0 Å². The van der Waals surface area contributed by atoms with Gasteiger partial charge in [0.2, 0.25) is 10.0 Å². The van der Waals surface area contributed by atoms with Crippen LogP contribution in [0.5, 0.6) is 0 Å². The number of rotatable bonds is 11. The molecule has 0 aliphatic rings. The molecule has 1 heterocycles. The van der Waals surface area contributed by atoms with Crippen molar-refractivity contribution in [1.29, 1.82) is 0 Å². The molecule has 3 aromatic carbocycles. The van der Waals surface area contributed by atoms with Crippen molar-refractivity contribution in [3.05, 3.63) is 126 Å². The highest BCUT2D eigenvalue weighted by Gasteiger charge is 2.17. The van der Waals surface area contributed by atoms with Crippen LogP contribution in [0.1, 0.15) is 40.1 Å². The van der Waals surface area contributed by atoms with Crippen molar-refractivity contribution >= 4 is 40.7 Å². The van der Waals surface area contributed by atoms with Gasteiger partial charge >= 0.3 is 0 Å². The lowest BCUT2D eigenvalue weighted by Crippen LogP contribution is -2.32. The predicted molar refractivity (Wildman–Crippen MR) is 163 cm³/mol. The summed E-state index contributed by atoms with van der Waals surface area (Å²) in [5, 5.41) is 13.7. The molecule has 0 fully saturated rings. The van der Waals surface area contributed by atoms with Crippen molar-refractivity contribution in [2.75, 3.05) is 6.54 Å². The van der Waals surface area contributed by atoms with Gasteiger partial charge in [0.05, 0.1) is 11.9 Å². The van der Waals surface area contributed by atoms with Gasteiger partial charge in [0.1, 0.15) is 0 Å². The Morgan fingerprint density at radius 2 is 1.48 bits per heavy atom. The maximum atomic E-state index is 12.5. The number of nitrogens with zero attached hydrogens (tertiary/aromatic N) is 1. The molecule has 0 unspecified atom stereocenters. The Morgan fingerprint density at radius 3 is 2.08 bits per heavy atom. The highest BCUT2D eigenvalue weighted by atomic mass is 35.5. The van der Waals surface area contributed by atoms with Gasteiger partial charge < -0.3 is 10.4 Å². The number of aromatic nitrogens is 1. The van der Waals surface area contributed by atoms with Gasteiger partial charge in [-0.3, -0.25) is 9.78 Å². The number of aliphatic hydroxyl groups is 1. The first-order valence-corrected chi connectivity index (χ1v) is 14.0. The van der Waals surface area contributed by atoms with Gasteiger partial charge in [0, 0.05) is 36.1 Å². The highest BCUT2D eigenvalue weighted by molar-refractivity contribution is 7.89. The molecule has 0 spiro atoms. The second-order valence-electron chi connectivity index (χ2n) is 9.27. The molecule has 0 saturated carbocycles. The molecule has 0 bridgehead atoms. The summed E-state index contributed by atoms with van der Waals surface area (Å²) in [5.74, 6) is -0.915. The monoisotopic (exact) mass is 601 g/mol. The standard InChI is InChI=1S/C30H31N3O4S.2ClH/c1-22(32-20-29(34)28-8-5-17-31-19-28)18-23-9-11-25(12-10-23)26-13-15-27(16-14-26)30(35)33-38(36,37)21-24-6-3-2-4-7-24;;/h2-17,19,22,29,32,34H,18,20-21H2,1H3,(H,33,35);2*1H/t22-,29+;;/m1../s1. The molecule has 2 atom stereocenters. The van der Waals surface area contributed by atoms with Crippen LogP contribution in [0.4, 0.5) is 0 Å². The Hall–Kier alpha value is -3.27. The predicted octanol–water partition coefficient (Wildman–Crippen LogP) is 5.11. The minimum Gasteiger partial charge on any atom is -0.387 e. The average molecular weight is 603 g/mol. The van der Waals surface area contributed by atoms with E-state index < -0.39 is 22.0 Å². The normalized spacial score (nSPS) is 12.3. The van der Waals surface area contributed by atoms with E-state index in [0.717, 1.165) is 28.7 Å². The molecule has 10 heteroatoms. The zero-order valence-corrected chi connectivity index (χ0v) is 24.4. The number of sulfonamides is 1. The van der Waals surface area contributed by atoms with Crippen LogP contribution in [0.3, 0.4) is 0 Å². The van der Waals surface area contributed by atoms with Gasteiger partial charge in [-0.15, -0.1) is 24.8 Å². The van der Waals surface area contributed by atoms with E-state index in [0.29, 0.717) is 12.1 Å². The third-order valence-corrected chi connectivity index (χ3v) is 7.36. The summed E-state index contributed by atoms with van der Waals surface area (Å²) >= 11 is 0. The van der Waals surface area contributed by atoms with Gasteiger partial charge in [-0.1, -0.05) is 72.8 Å². The van der Waals surface area contributed by atoms with E-state index >= 15 is 0 Å². The van der Waals surface area contributed by atoms with Crippen LogP contribution >= 0.6 is 24.8 Å². The van der Waals surface area contributed by atoms with Crippen LogP contribution in [0.25, 0.3) is 11.1 Å². The fraction of sp³-hybridized carbons (Fsp3) is 0.200. The molecule has 7 nitrogen and oxygen atoms in total. The topological polar surface area (TPSA) is 108 Å². The molecule has 4 aromatic rings. The van der Waals surface area contributed by atoms with E-state index in [2.05, 4.69) is 34.1 Å². The molecule has 0 aliphatic heterocycles. The summed E-state index contributed by atoms with van der Waals surface area (Å²) in [4.78, 5) is 16.5. The maximum Gasteiger partial charge on any atom is 0.264 e. The zero-order valence-electron chi connectivity index (χ0n) is 21.9. The first kappa shape index (κ1) is 32.9. The number of pyridine rings is 1. The highest BCUT2D eigenvalue weighted by Crippen LogP contribution is 2.21. The Morgan fingerprint density at radius 1 is 0.850 bits per heavy atom. The van der Waals surface area contributed by atoms with E-state index in [9.17, 15) is 18.3 Å². The van der Waals surface area contributed by atoms with E-state index in [-0.39, 0.29) is 42.2 Å². The lowest BCUT2D eigenvalue weighted by molar-refractivity contribution is 0.0981. The maximum absolute atomic E-state index is 12.5. The van der Waals surface area contributed by atoms with Crippen molar-refractivity contribution < 1.29 is 18.3 Å². The van der Waals surface area contributed by atoms with Crippen LogP contribution in [-0.2, 0) is 22.2 Å². The molecule has 3 N–H and O–H groups in total. The van der Waals surface area contributed by atoms with Crippen molar-refractivity contribution in [3.63, 3.8) is 0 Å². The summed E-state index contributed by atoms with van der Waals surface area (Å²) in [6.07, 6.45) is 3.55. The van der Waals surface area contributed by atoms with Crippen molar-refractivity contribution in [1.82, 2.24) is 15.0 Å². The van der Waals surface area contributed by atoms with Crippen LogP contribution in [0, 0.1) is 0 Å². The molecule has 4 rings (SSSR count). The van der Waals surface area contributed by atoms with Crippen LogP contribution < -0.4 is 10.0 Å². The smallest absolute Gasteiger partial charge is 0.264 e. The lowest BCUT2D eigenvalue weighted by atomic mass is 10.00. The average Bonchev–Trinajstić information content (AvgIpc) is 2.93. The van der Waals surface area contributed by atoms with Gasteiger partial charge in [-0.05, 0) is 53.8 Å². The third-order valence-electron chi connectivity index (χ3n) is 6.15. The zero-order chi connectivity index (χ0) is 27.0. The SMILES string of the molecule is C[C@H](Cc1ccc(-c2ccc(C(=O)NS(=O)(=O)Cc3ccccc3)cc2)cc1)NC[C@H](O)c1cccnc1.Cl.Cl. The number of carbonyl (C=O) groups is 1. The molecular formula is C30H33Cl2N3O4S. The second kappa shape index (κ2) is 15.5. The van der Waals surface area contributed by atoms with Gasteiger partial charge in [0.25, 0.3) is 5.91 Å². The molecule has 0 aliphatic carbocycles. The van der Waals surface area contributed by atoms with Crippen LogP contribution in [0.15, 0.2) is 103 Å². The van der Waals surface area contributed by atoms with E-state index in [1.165, 1.54) is 0 Å². The van der Waals surface area contributed by atoms with Crippen LogP contribution in [-0.4, -0.2) is 37.0 Å². The molecule has 0 radical (unpaired) electrons. The van der Waals surface area contributed by atoms with Crippen molar-refractivity contribution in [3.8, 4) is 11.1 Å². The van der Waals surface area contributed by atoms with Crippen molar-refractivity contribution in [2.45, 2.75) is 31.2 Å². The first-order chi connectivity index (χ1) is 18.3. The number of amides is 1. The molecule has 1 amide bonds. The summed E-state index contributed by atoms with van der Waals surface area (Å²) < 4.78 is 26.9. The number of aliphatic hydroxyl groups excluding tert-OH is 1. The Balaban J connectivity index is 0.00000280. The van der Waals surface area contributed by atoms with Gasteiger partial charge in [0.15, 0.2) is 0 Å². The second-order valence-corrected chi connectivity index (χ2v) is 11.0. The summed E-state index contributed by atoms with van der Waals surface area (Å²) in [5.41, 5.74) is 4.74. The number of hydrogen-bond donors (Lipinski definition) is 3. The van der Waals surface area contributed by atoms with E-state index in [1.54, 1.807) is 67.0 Å². The summed E-state index contributed by atoms with van der Waals surface area (Å²) in [7, 11) is -3.80. The van der Waals surface area contributed by atoms with Crippen LogP contribution in [0.2, 0.25) is 0 Å². The fourth-order valence-electron chi connectivity index (χ4n) is 4.11. The quantitative estimate of drug-likeness (QED) is 0.220. The number of halogens is 2. The number of carbonyl (C=O) groups excluding carboxylic acids is 1. The largest absolute Gasteiger partial charge is 0.387 e. The molecule has 40 heavy (non-hydrogen) atoms. The number of nitrogens with one attached hydrogen (secondary N) is 2. The van der Waals surface area contributed by atoms with Gasteiger partial charge in [-0.2, -0.15) is 0 Å². The number of benzene rings is 3. The first-order valence-electron chi connectivity index (χ1n) is 12.4. The Labute approximate surface area is 247 Å². The van der Waals surface area contributed by atoms with Gasteiger partial charge in [-0.25, -0.2) is 13.1 Å². The molecule has 212 valence electrons. The minimum atomic E-state index is -3.80. The number of hydrogen-bond acceptors (Lipinski definition) is 6. The summed E-state index contributed by atoms with van der Waals surface area (Å²) in [6, 6.07) is 27.6. The molecule has 0 saturated heterocycles. The molecule has 1 aromatic heterocycles. The fourth-order valence-corrected chi connectivity index (χ4v) is 5.21. The van der Waals surface area contributed by atoms with E-state index in [1.807, 2.05) is 24.3 Å². The Kier molecular flexibility index (Phi) is 12.8. The van der Waals surface area contributed by atoms with E-state index in [4.69, 9.17) is 0 Å². The summed E-state index contributed by atoms with van der Waals surface area (Å²) in [6.45, 7) is 2.52. The Bertz CT molecular complexity index is 1440. The lowest BCUT2D eigenvalue weighted by Gasteiger charge is -2.17.